The lowest BCUT2D eigenvalue weighted by Gasteiger charge is -2.00. The summed E-state index contributed by atoms with van der Waals surface area (Å²) in [6, 6.07) is 9.39. The molecule has 2 aromatic heterocycles. The van der Waals surface area contributed by atoms with Gasteiger partial charge >= 0.3 is 0 Å². The molecule has 1 aromatic carbocycles. The number of nitrogens with zero attached hydrogens (tertiary/aromatic N) is 5. The number of hydrogen-bond acceptors (Lipinski definition) is 6. The molecular weight excluding hydrogens is 349 g/mol. The first kappa shape index (κ1) is 18.0. The van der Waals surface area contributed by atoms with Crippen LogP contribution in [0.3, 0.4) is 0 Å². The van der Waals surface area contributed by atoms with E-state index in [0.29, 0.717) is 29.9 Å². The van der Waals surface area contributed by atoms with E-state index < -0.39 is 0 Å². The summed E-state index contributed by atoms with van der Waals surface area (Å²) >= 11 is 0. The number of halogens is 1. The third-order valence-corrected chi connectivity index (χ3v) is 3.60. The first-order valence-corrected chi connectivity index (χ1v) is 8.12. The Hall–Kier alpha value is -3.80. The Kier molecular flexibility index (Phi) is 5.37. The van der Waals surface area contributed by atoms with Gasteiger partial charge in [-0.3, -0.25) is 14.5 Å². The van der Waals surface area contributed by atoms with Crippen LogP contribution in [0.15, 0.2) is 46.4 Å². The number of benzene rings is 1. The number of anilines is 1. The van der Waals surface area contributed by atoms with E-state index in [0.717, 1.165) is 5.56 Å². The average Bonchev–Trinajstić information content (AvgIpc) is 3.03. The highest BCUT2D eigenvalue weighted by molar-refractivity contribution is 5.88. The normalized spacial score (nSPS) is 10.9. The second-order valence-corrected chi connectivity index (χ2v) is 5.72. The molecule has 3 rings (SSSR count). The molecule has 0 spiro atoms. The molecule has 136 valence electrons. The minimum absolute atomic E-state index is 0.219. The monoisotopic (exact) mass is 365 g/mol. The number of hydrogen-bond donors (Lipinski definition) is 2. The average molecular weight is 365 g/mol. The van der Waals surface area contributed by atoms with Gasteiger partial charge in [0, 0.05) is 29.1 Å². The molecule has 9 heteroatoms. The summed E-state index contributed by atoms with van der Waals surface area (Å²) < 4.78 is 14.8. The van der Waals surface area contributed by atoms with Gasteiger partial charge in [0.2, 0.25) is 5.95 Å². The molecule has 27 heavy (non-hydrogen) atoms. The summed E-state index contributed by atoms with van der Waals surface area (Å²) in [5.74, 6) is -0.120. The van der Waals surface area contributed by atoms with Gasteiger partial charge in [-0.2, -0.15) is 15.5 Å². The zero-order chi connectivity index (χ0) is 19.2. The van der Waals surface area contributed by atoms with E-state index in [9.17, 15) is 9.18 Å². The second kappa shape index (κ2) is 8.05. The fraction of sp³-hybridized carbons (Fsp3) is 0.167. The highest BCUT2D eigenvalue weighted by Gasteiger charge is 2.10. The smallest absolute Gasteiger partial charge is 0.252 e. The topological polar surface area (TPSA) is 112 Å². The van der Waals surface area contributed by atoms with Crippen molar-refractivity contribution in [1.82, 2.24) is 19.7 Å². The first-order valence-electron chi connectivity index (χ1n) is 8.12. The number of rotatable bonds is 6. The van der Waals surface area contributed by atoms with Crippen LogP contribution in [0.1, 0.15) is 17.7 Å². The molecule has 0 atom stereocenters. The van der Waals surface area contributed by atoms with Crippen molar-refractivity contribution in [2.24, 2.45) is 5.10 Å². The molecule has 0 radical (unpaired) electrons. The molecule has 0 fully saturated rings. The van der Waals surface area contributed by atoms with Gasteiger partial charge in [-0.25, -0.2) is 14.8 Å². The summed E-state index contributed by atoms with van der Waals surface area (Å²) in [5, 5.41) is 17.3. The maximum Gasteiger partial charge on any atom is 0.252 e. The number of nitriles is 1. The molecule has 0 bridgehead atoms. The zero-order valence-electron chi connectivity index (χ0n) is 14.5. The minimum atomic E-state index is -0.339. The van der Waals surface area contributed by atoms with E-state index in [1.807, 2.05) is 0 Å². The molecule has 2 heterocycles. The van der Waals surface area contributed by atoms with Gasteiger partial charge in [-0.1, -0.05) is 0 Å². The van der Waals surface area contributed by atoms with Crippen LogP contribution < -0.4 is 11.0 Å². The molecule has 0 aliphatic heterocycles. The van der Waals surface area contributed by atoms with Crippen LogP contribution in [-0.2, 0) is 6.54 Å². The number of hydrazone groups is 1. The zero-order valence-corrected chi connectivity index (χ0v) is 14.5. The molecule has 2 N–H and O–H groups in total. The van der Waals surface area contributed by atoms with Crippen molar-refractivity contribution in [1.29, 1.82) is 5.26 Å². The third kappa shape index (κ3) is 4.64. The van der Waals surface area contributed by atoms with Crippen molar-refractivity contribution in [2.45, 2.75) is 19.9 Å². The number of nitrogens with one attached hydrogen (secondary N) is 2. The third-order valence-electron chi connectivity index (χ3n) is 3.60. The molecule has 0 amide bonds. The van der Waals surface area contributed by atoms with E-state index in [1.165, 1.54) is 24.4 Å². The van der Waals surface area contributed by atoms with Crippen molar-refractivity contribution in [3.8, 4) is 17.3 Å². The fourth-order valence-corrected chi connectivity index (χ4v) is 2.44. The van der Waals surface area contributed by atoms with Gasteiger partial charge in [0.05, 0.1) is 25.2 Å². The van der Waals surface area contributed by atoms with Crippen LogP contribution in [0.5, 0.6) is 0 Å². The number of H-pyrrole nitrogens is 1. The summed E-state index contributed by atoms with van der Waals surface area (Å²) in [4.78, 5) is 18.1. The molecule has 0 aliphatic rings. The van der Waals surface area contributed by atoms with Crippen molar-refractivity contribution >= 4 is 12.2 Å². The first-order chi connectivity index (χ1) is 13.0. The Labute approximate surface area is 154 Å². The van der Waals surface area contributed by atoms with Crippen LogP contribution in [0.2, 0.25) is 0 Å². The van der Waals surface area contributed by atoms with Crippen molar-refractivity contribution in [3.05, 3.63) is 64.0 Å². The Balaban J connectivity index is 1.88. The van der Waals surface area contributed by atoms with Gasteiger partial charge < -0.3 is 0 Å². The number of aromatic nitrogens is 4. The number of aryl methyl sites for hydroxylation is 2. The predicted molar refractivity (Wildman–Crippen MR) is 98.7 cm³/mol. The Bertz CT molecular complexity index is 1060. The van der Waals surface area contributed by atoms with Gasteiger partial charge in [0.15, 0.2) is 0 Å². The lowest BCUT2D eigenvalue weighted by Crippen LogP contribution is -2.10. The number of aromatic amines is 1. The summed E-state index contributed by atoms with van der Waals surface area (Å²) in [6.07, 6.45) is 3.58. The van der Waals surface area contributed by atoms with Crippen molar-refractivity contribution in [3.63, 3.8) is 0 Å². The maximum absolute atomic E-state index is 13.2. The molecular formula is C18H16FN7O. The molecule has 3 aromatic rings. The molecule has 0 saturated carbocycles. The van der Waals surface area contributed by atoms with Crippen molar-refractivity contribution < 1.29 is 4.39 Å². The fourth-order valence-electron chi connectivity index (χ4n) is 2.44. The van der Waals surface area contributed by atoms with E-state index >= 15 is 0 Å². The Morgan fingerprint density at radius 2 is 2.19 bits per heavy atom. The van der Waals surface area contributed by atoms with E-state index in [4.69, 9.17) is 5.26 Å². The Morgan fingerprint density at radius 3 is 2.89 bits per heavy atom. The molecule has 0 unspecified atom stereocenters. The van der Waals surface area contributed by atoms with E-state index in [2.05, 4.69) is 31.7 Å². The van der Waals surface area contributed by atoms with Gasteiger partial charge in [-0.15, -0.1) is 0 Å². The second-order valence-electron chi connectivity index (χ2n) is 5.72. The predicted octanol–water partition coefficient (Wildman–Crippen LogP) is 2.44. The van der Waals surface area contributed by atoms with E-state index in [-0.39, 0.29) is 17.3 Å². The quantitative estimate of drug-likeness (QED) is 0.515. The maximum atomic E-state index is 13.2. The van der Waals surface area contributed by atoms with Crippen LogP contribution in [-0.4, -0.2) is 26.0 Å². The van der Waals surface area contributed by atoms with Gasteiger partial charge in [-0.05, 0) is 31.2 Å². The molecule has 0 aliphatic carbocycles. The highest BCUT2D eigenvalue weighted by Crippen LogP contribution is 2.21. The van der Waals surface area contributed by atoms with Crippen LogP contribution in [0.4, 0.5) is 10.3 Å². The van der Waals surface area contributed by atoms with Crippen LogP contribution in [0.25, 0.3) is 11.3 Å². The SMILES string of the molecule is Cc1cc(=O)[nH]c(N/N=C\c2cn(CCC#N)nc2-c2ccc(F)cc2)n1. The summed E-state index contributed by atoms with van der Waals surface area (Å²) in [6.45, 7) is 2.13. The lowest BCUT2D eigenvalue weighted by atomic mass is 10.1. The standard InChI is InChI=1S/C18H16FN7O/c1-12-9-16(27)23-18(22-12)24-21-10-14-11-26(8-2-7-20)25-17(14)13-3-5-15(19)6-4-13/h3-6,9-11H,2,8H2,1H3,(H2,22,23,24,27)/b21-10-. The van der Waals surface area contributed by atoms with E-state index in [1.54, 1.807) is 29.9 Å². The molecule has 0 saturated heterocycles. The van der Waals surface area contributed by atoms with Gasteiger partial charge in [0.1, 0.15) is 11.5 Å². The largest absolute Gasteiger partial charge is 0.291 e. The van der Waals surface area contributed by atoms with Crippen LogP contribution >= 0.6 is 0 Å². The molecule has 8 nitrogen and oxygen atoms in total. The summed E-state index contributed by atoms with van der Waals surface area (Å²) in [7, 11) is 0. The minimum Gasteiger partial charge on any atom is -0.291 e. The van der Waals surface area contributed by atoms with Gasteiger partial charge in [0.25, 0.3) is 5.56 Å². The van der Waals surface area contributed by atoms with Crippen LogP contribution in [0, 0.1) is 24.1 Å². The highest BCUT2D eigenvalue weighted by atomic mass is 19.1. The summed E-state index contributed by atoms with van der Waals surface area (Å²) in [5.41, 5.74) is 4.94. The van der Waals surface area contributed by atoms with Crippen molar-refractivity contribution in [2.75, 3.05) is 5.43 Å². The lowest BCUT2D eigenvalue weighted by molar-refractivity contribution is 0.626. The Morgan fingerprint density at radius 1 is 1.41 bits per heavy atom.